The van der Waals surface area contributed by atoms with Crippen LogP contribution >= 0.6 is 0 Å². The van der Waals surface area contributed by atoms with E-state index in [1.807, 2.05) is 6.92 Å². The van der Waals surface area contributed by atoms with E-state index in [2.05, 4.69) is 6.92 Å². The van der Waals surface area contributed by atoms with Gasteiger partial charge in [0.15, 0.2) is 0 Å². The molecule has 0 aromatic carbocycles. The van der Waals surface area contributed by atoms with Gasteiger partial charge in [-0.15, -0.1) is 0 Å². The SMILES string of the molecule is CC12CCC(O)C[C@H]1CCC1C2CC(O)C2(C)C(C3=CC(=O)OC3)CCC12O. The standard InChI is InChI=1S/C23H34O5/c1-21-7-5-15(24)10-14(21)3-4-17-18(21)11-19(25)22(2)16(6-8-23(17,22)27)13-9-20(26)28-12-13/h9,14-19,24-25,27H,3-8,10-12H2,1-2H3/t14-,15?,16?,17?,18?,19?,21?,22?,23?/m1/s1. The Kier molecular flexibility index (Phi) is 4.12. The maximum absolute atomic E-state index is 12.1. The summed E-state index contributed by atoms with van der Waals surface area (Å²) in [7, 11) is 0. The van der Waals surface area contributed by atoms with Gasteiger partial charge < -0.3 is 20.1 Å². The molecule has 4 aliphatic carbocycles. The number of carbonyl (C=O) groups is 1. The fraction of sp³-hybridized carbons (Fsp3) is 0.870. The number of carbonyl (C=O) groups excluding carboxylic acids is 1. The maximum atomic E-state index is 12.1. The Hall–Kier alpha value is -0.910. The van der Waals surface area contributed by atoms with E-state index in [-0.39, 0.29) is 29.3 Å². The van der Waals surface area contributed by atoms with Gasteiger partial charge in [0.1, 0.15) is 6.61 Å². The molecule has 1 heterocycles. The summed E-state index contributed by atoms with van der Waals surface area (Å²) in [6.45, 7) is 4.69. The first-order valence-electron chi connectivity index (χ1n) is 11.2. The van der Waals surface area contributed by atoms with Crippen molar-refractivity contribution in [1.82, 2.24) is 0 Å². The van der Waals surface area contributed by atoms with Crippen LogP contribution in [0.5, 0.6) is 0 Å². The number of rotatable bonds is 1. The van der Waals surface area contributed by atoms with Crippen molar-refractivity contribution >= 4 is 5.97 Å². The second-order valence-electron chi connectivity index (χ2n) is 10.8. The van der Waals surface area contributed by atoms with Crippen LogP contribution in [0.3, 0.4) is 0 Å². The van der Waals surface area contributed by atoms with Crippen LogP contribution in [0.25, 0.3) is 0 Å². The predicted molar refractivity (Wildman–Crippen MR) is 103 cm³/mol. The molecule has 0 amide bonds. The molecule has 8 unspecified atom stereocenters. The Morgan fingerprint density at radius 2 is 1.82 bits per heavy atom. The van der Waals surface area contributed by atoms with Crippen LogP contribution in [-0.2, 0) is 9.53 Å². The third kappa shape index (κ3) is 2.27. The summed E-state index contributed by atoms with van der Waals surface area (Å²) in [5, 5.41) is 33.7. The van der Waals surface area contributed by atoms with Crippen molar-refractivity contribution in [3.05, 3.63) is 11.6 Å². The Labute approximate surface area is 167 Å². The second-order valence-corrected chi connectivity index (χ2v) is 10.8. The zero-order chi connectivity index (χ0) is 19.9. The van der Waals surface area contributed by atoms with Crippen LogP contribution in [-0.4, -0.2) is 45.7 Å². The number of aliphatic hydroxyl groups is 3. The zero-order valence-electron chi connectivity index (χ0n) is 17.1. The number of cyclic esters (lactones) is 1. The van der Waals surface area contributed by atoms with E-state index in [0.29, 0.717) is 31.3 Å². The number of hydrogen-bond donors (Lipinski definition) is 3. The van der Waals surface area contributed by atoms with Gasteiger partial charge in [-0.2, -0.15) is 0 Å². The first-order chi connectivity index (χ1) is 13.2. The Morgan fingerprint density at radius 1 is 1.04 bits per heavy atom. The quantitative estimate of drug-likeness (QED) is 0.599. The molecule has 0 radical (unpaired) electrons. The van der Waals surface area contributed by atoms with Gasteiger partial charge in [-0.1, -0.05) is 13.8 Å². The van der Waals surface area contributed by atoms with E-state index < -0.39 is 17.1 Å². The molecule has 5 nitrogen and oxygen atoms in total. The van der Waals surface area contributed by atoms with E-state index in [1.54, 1.807) is 6.08 Å². The smallest absolute Gasteiger partial charge is 0.331 e. The molecule has 4 saturated carbocycles. The van der Waals surface area contributed by atoms with Gasteiger partial charge in [0.05, 0.1) is 17.8 Å². The molecule has 0 saturated heterocycles. The fourth-order valence-corrected chi connectivity index (χ4v) is 8.37. The van der Waals surface area contributed by atoms with Gasteiger partial charge in [0.25, 0.3) is 0 Å². The normalized spacial score (nSPS) is 55.8. The molecule has 4 fully saturated rings. The van der Waals surface area contributed by atoms with E-state index in [0.717, 1.165) is 44.1 Å². The first-order valence-corrected chi connectivity index (χ1v) is 11.2. The molecule has 0 aromatic rings. The fourth-order valence-electron chi connectivity index (χ4n) is 8.37. The van der Waals surface area contributed by atoms with E-state index in [9.17, 15) is 20.1 Å². The van der Waals surface area contributed by atoms with Crippen LogP contribution in [0.4, 0.5) is 0 Å². The summed E-state index contributed by atoms with van der Waals surface area (Å²) in [6, 6.07) is 0. The third-order valence-corrected chi connectivity index (χ3v) is 10.0. The maximum Gasteiger partial charge on any atom is 0.331 e. The van der Waals surface area contributed by atoms with Gasteiger partial charge in [0, 0.05) is 11.5 Å². The lowest BCUT2D eigenvalue weighted by Gasteiger charge is -2.64. The van der Waals surface area contributed by atoms with Crippen molar-refractivity contribution in [3.8, 4) is 0 Å². The summed E-state index contributed by atoms with van der Waals surface area (Å²) in [5.41, 5.74) is -0.507. The van der Waals surface area contributed by atoms with Crippen LogP contribution in [0.1, 0.15) is 65.2 Å². The summed E-state index contributed by atoms with van der Waals surface area (Å²) in [4.78, 5) is 11.6. The van der Waals surface area contributed by atoms with Gasteiger partial charge in [0.2, 0.25) is 0 Å². The van der Waals surface area contributed by atoms with Crippen molar-refractivity contribution in [2.24, 2.45) is 34.5 Å². The molecule has 3 N–H and O–H groups in total. The molecule has 0 aromatic heterocycles. The molecule has 1 aliphatic heterocycles. The summed E-state index contributed by atoms with van der Waals surface area (Å²) in [6.07, 6.45) is 7.69. The van der Waals surface area contributed by atoms with Crippen molar-refractivity contribution < 1.29 is 24.9 Å². The molecule has 5 aliphatic rings. The van der Waals surface area contributed by atoms with Crippen molar-refractivity contribution in [2.45, 2.75) is 83.0 Å². The van der Waals surface area contributed by atoms with Crippen LogP contribution in [0.15, 0.2) is 11.6 Å². The van der Waals surface area contributed by atoms with Crippen LogP contribution in [0, 0.1) is 34.5 Å². The van der Waals surface area contributed by atoms with E-state index in [1.165, 1.54) is 0 Å². The van der Waals surface area contributed by atoms with Crippen LogP contribution in [0.2, 0.25) is 0 Å². The number of esters is 1. The van der Waals surface area contributed by atoms with Gasteiger partial charge in [-0.3, -0.25) is 0 Å². The molecular formula is C23H34O5. The largest absolute Gasteiger partial charge is 0.458 e. The summed E-state index contributed by atoms with van der Waals surface area (Å²) in [5.74, 6) is 0.657. The van der Waals surface area contributed by atoms with E-state index >= 15 is 0 Å². The summed E-state index contributed by atoms with van der Waals surface area (Å²) >= 11 is 0. The average Bonchev–Trinajstić information content (AvgIpc) is 3.19. The average molecular weight is 391 g/mol. The predicted octanol–water partition coefficient (Wildman–Crippen LogP) is 2.58. The Balaban J connectivity index is 1.51. The van der Waals surface area contributed by atoms with E-state index in [4.69, 9.17) is 4.74 Å². The van der Waals surface area contributed by atoms with Gasteiger partial charge in [-0.05, 0) is 86.0 Å². The molecule has 9 atom stereocenters. The minimum Gasteiger partial charge on any atom is -0.458 e. The lowest BCUT2D eigenvalue weighted by molar-refractivity contribution is -0.244. The Morgan fingerprint density at radius 3 is 2.54 bits per heavy atom. The highest BCUT2D eigenvalue weighted by Crippen LogP contribution is 2.69. The minimum absolute atomic E-state index is 0.00129. The number of ether oxygens (including phenoxy) is 1. The molecule has 156 valence electrons. The van der Waals surface area contributed by atoms with Crippen molar-refractivity contribution in [3.63, 3.8) is 0 Å². The molecule has 28 heavy (non-hydrogen) atoms. The van der Waals surface area contributed by atoms with Crippen molar-refractivity contribution in [1.29, 1.82) is 0 Å². The van der Waals surface area contributed by atoms with Crippen LogP contribution < -0.4 is 0 Å². The highest BCUT2D eigenvalue weighted by molar-refractivity contribution is 5.85. The molecule has 0 spiro atoms. The molecular weight excluding hydrogens is 356 g/mol. The first kappa shape index (κ1) is 19.1. The number of hydrogen-bond acceptors (Lipinski definition) is 5. The van der Waals surface area contributed by atoms with Crippen molar-refractivity contribution in [2.75, 3.05) is 6.61 Å². The second kappa shape index (κ2) is 6.05. The van der Waals surface area contributed by atoms with Gasteiger partial charge >= 0.3 is 5.97 Å². The van der Waals surface area contributed by atoms with Gasteiger partial charge in [-0.25, -0.2) is 4.79 Å². The summed E-state index contributed by atoms with van der Waals surface area (Å²) < 4.78 is 5.16. The minimum atomic E-state index is -0.906. The monoisotopic (exact) mass is 390 g/mol. The third-order valence-electron chi connectivity index (χ3n) is 10.0. The highest BCUT2D eigenvalue weighted by Gasteiger charge is 2.70. The number of aliphatic hydroxyl groups excluding tert-OH is 2. The highest BCUT2D eigenvalue weighted by atomic mass is 16.5. The topological polar surface area (TPSA) is 87.0 Å². The Bertz CT molecular complexity index is 718. The molecule has 5 rings (SSSR count). The number of fused-ring (bicyclic) bond motifs is 5. The zero-order valence-corrected chi connectivity index (χ0v) is 17.1. The molecule has 5 heteroatoms. The lowest BCUT2D eigenvalue weighted by atomic mass is 9.42. The molecule has 0 bridgehead atoms. The lowest BCUT2D eigenvalue weighted by Crippen LogP contribution is -2.67.